The Morgan fingerprint density at radius 2 is 2.00 bits per heavy atom. The van der Waals surface area contributed by atoms with Crippen molar-refractivity contribution in [3.05, 3.63) is 12.5 Å². The summed E-state index contributed by atoms with van der Waals surface area (Å²) >= 11 is 0. The van der Waals surface area contributed by atoms with E-state index in [1.165, 1.54) is 6.42 Å². The molecule has 4 rings (SSSR count). The van der Waals surface area contributed by atoms with Gasteiger partial charge in [-0.15, -0.1) is 0 Å². The smallest absolute Gasteiger partial charge is 0.225 e. The van der Waals surface area contributed by atoms with Gasteiger partial charge in [0.2, 0.25) is 5.91 Å². The van der Waals surface area contributed by atoms with E-state index in [-0.39, 0.29) is 5.92 Å². The second kappa shape index (κ2) is 4.98. The summed E-state index contributed by atoms with van der Waals surface area (Å²) in [6.07, 6.45) is 6.66. The highest BCUT2D eigenvalue weighted by Gasteiger charge is 2.31. The van der Waals surface area contributed by atoms with E-state index < -0.39 is 0 Å². The highest BCUT2D eigenvalue weighted by Crippen LogP contribution is 2.29. The molecule has 1 aliphatic heterocycles. The Kier molecular flexibility index (Phi) is 2.98. The van der Waals surface area contributed by atoms with E-state index >= 15 is 0 Å². The second-order valence-corrected chi connectivity index (χ2v) is 5.77. The molecule has 0 radical (unpaired) electrons. The van der Waals surface area contributed by atoms with Crippen molar-refractivity contribution in [3.63, 3.8) is 0 Å². The van der Waals surface area contributed by atoms with Crippen molar-refractivity contribution in [1.29, 1.82) is 0 Å². The third kappa shape index (κ3) is 2.12. The maximum atomic E-state index is 12.3. The zero-order valence-corrected chi connectivity index (χ0v) is 11.8. The number of nitrogens with one attached hydrogen (secondary N) is 1. The number of carbonyl (C=O) groups excluding carboxylic acids is 1. The molecule has 0 unspecified atom stereocenters. The van der Waals surface area contributed by atoms with Crippen LogP contribution in [0.2, 0.25) is 0 Å². The van der Waals surface area contributed by atoms with Crippen LogP contribution in [0.4, 0.5) is 5.82 Å². The Morgan fingerprint density at radius 3 is 2.71 bits per heavy atom. The molecule has 0 aromatic carbocycles. The number of rotatable bonds is 2. The molecule has 2 aromatic rings. The van der Waals surface area contributed by atoms with Crippen LogP contribution in [0.25, 0.3) is 11.0 Å². The topological polar surface area (TPSA) is 78.0 Å². The van der Waals surface area contributed by atoms with Crippen molar-refractivity contribution in [2.75, 3.05) is 31.1 Å². The van der Waals surface area contributed by atoms with Gasteiger partial charge in [-0.25, -0.2) is 9.97 Å². The summed E-state index contributed by atoms with van der Waals surface area (Å²) in [4.78, 5) is 25.0. The van der Waals surface area contributed by atoms with E-state index in [1.54, 1.807) is 12.5 Å². The molecule has 7 nitrogen and oxygen atoms in total. The van der Waals surface area contributed by atoms with Gasteiger partial charge >= 0.3 is 0 Å². The first-order chi connectivity index (χ1) is 10.3. The number of carbonyl (C=O) groups is 1. The fourth-order valence-electron chi connectivity index (χ4n) is 3.06. The third-order valence-electron chi connectivity index (χ3n) is 4.57. The van der Waals surface area contributed by atoms with Crippen molar-refractivity contribution in [2.24, 2.45) is 5.92 Å². The van der Waals surface area contributed by atoms with Gasteiger partial charge in [0, 0.05) is 32.1 Å². The molecule has 1 N–H and O–H groups in total. The number of hydrogen-bond acceptors (Lipinski definition) is 5. The molecule has 1 amide bonds. The average molecular weight is 286 g/mol. The predicted molar refractivity (Wildman–Crippen MR) is 77.8 cm³/mol. The van der Waals surface area contributed by atoms with E-state index in [9.17, 15) is 4.79 Å². The van der Waals surface area contributed by atoms with Gasteiger partial charge < -0.3 is 9.80 Å². The van der Waals surface area contributed by atoms with Crippen LogP contribution in [-0.4, -0.2) is 57.2 Å². The molecule has 0 atom stereocenters. The van der Waals surface area contributed by atoms with Crippen molar-refractivity contribution < 1.29 is 4.79 Å². The molecule has 2 fully saturated rings. The molecule has 7 heteroatoms. The molecule has 1 saturated heterocycles. The van der Waals surface area contributed by atoms with Crippen LogP contribution < -0.4 is 4.90 Å². The van der Waals surface area contributed by atoms with Gasteiger partial charge in [-0.3, -0.25) is 9.89 Å². The predicted octanol–water partition coefficient (Wildman–Crippen LogP) is 0.802. The first-order valence-corrected chi connectivity index (χ1v) is 7.51. The highest BCUT2D eigenvalue weighted by molar-refractivity contribution is 5.86. The molecular weight excluding hydrogens is 268 g/mol. The minimum absolute atomic E-state index is 0.288. The number of amides is 1. The molecule has 110 valence electrons. The zero-order chi connectivity index (χ0) is 14.2. The Bertz CT molecular complexity index is 656. The lowest BCUT2D eigenvalue weighted by atomic mass is 9.84. The minimum Gasteiger partial charge on any atom is -0.352 e. The Hall–Kier alpha value is -2.18. The molecule has 0 spiro atoms. The number of piperazine rings is 1. The summed E-state index contributed by atoms with van der Waals surface area (Å²) in [7, 11) is 0. The van der Waals surface area contributed by atoms with E-state index in [2.05, 4.69) is 25.1 Å². The highest BCUT2D eigenvalue weighted by atomic mass is 16.2. The second-order valence-electron chi connectivity index (χ2n) is 5.77. The SMILES string of the molecule is O=C(C1CCC1)N1CCN(c2ncnc3[nH]ncc23)CC1. The summed E-state index contributed by atoms with van der Waals surface area (Å²) in [5, 5.41) is 7.83. The van der Waals surface area contributed by atoms with E-state index in [0.717, 1.165) is 55.9 Å². The van der Waals surface area contributed by atoms with Crippen molar-refractivity contribution in [3.8, 4) is 0 Å². The van der Waals surface area contributed by atoms with Crippen LogP contribution in [0.15, 0.2) is 12.5 Å². The normalized spacial score (nSPS) is 19.8. The van der Waals surface area contributed by atoms with E-state index in [0.29, 0.717) is 5.91 Å². The molecular formula is C14H18N6O. The van der Waals surface area contributed by atoms with Gasteiger partial charge in [0.1, 0.15) is 12.1 Å². The van der Waals surface area contributed by atoms with Crippen LogP contribution in [0.1, 0.15) is 19.3 Å². The van der Waals surface area contributed by atoms with Gasteiger partial charge in [0.25, 0.3) is 0 Å². The van der Waals surface area contributed by atoms with Crippen LogP contribution in [0, 0.1) is 5.92 Å². The number of nitrogens with zero attached hydrogens (tertiary/aromatic N) is 5. The fraction of sp³-hybridized carbons (Fsp3) is 0.571. The molecule has 21 heavy (non-hydrogen) atoms. The van der Waals surface area contributed by atoms with Gasteiger partial charge in [0.15, 0.2) is 5.65 Å². The van der Waals surface area contributed by atoms with Crippen molar-refractivity contribution >= 4 is 22.8 Å². The Morgan fingerprint density at radius 1 is 1.19 bits per heavy atom. The summed E-state index contributed by atoms with van der Waals surface area (Å²) in [6, 6.07) is 0. The maximum Gasteiger partial charge on any atom is 0.225 e. The van der Waals surface area contributed by atoms with Gasteiger partial charge in [0.05, 0.1) is 11.6 Å². The van der Waals surface area contributed by atoms with Gasteiger partial charge in [-0.2, -0.15) is 5.10 Å². The average Bonchev–Trinajstić information content (AvgIpc) is 2.94. The molecule has 1 saturated carbocycles. The first-order valence-electron chi connectivity index (χ1n) is 7.51. The lowest BCUT2D eigenvalue weighted by Crippen LogP contribution is -2.51. The summed E-state index contributed by atoms with van der Waals surface area (Å²) in [6.45, 7) is 3.18. The number of fused-ring (bicyclic) bond motifs is 1. The standard InChI is InChI=1S/C14H18N6O/c21-14(10-2-1-3-10)20-6-4-19(5-7-20)13-11-8-17-18-12(11)15-9-16-13/h8-10H,1-7H2,(H,15,16,17,18). The molecule has 3 heterocycles. The third-order valence-corrected chi connectivity index (χ3v) is 4.57. The molecule has 2 aliphatic rings. The van der Waals surface area contributed by atoms with E-state index in [1.807, 2.05) is 4.90 Å². The summed E-state index contributed by atoms with van der Waals surface area (Å²) in [5.74, 6) is 1.54. The lowest BCUT2D eigenvalue weighted by molar-refractivity contribution is -0.138. The Labute approximate surface area is 122 Å². The minimum atomic E-state index is 0.288. The number of anilines is 1. The zero-order valence-electron chi connectivity index (χ0n) is 11.8. The fourth-order valence-corrected chi connectivity index (χ4v) is 3.06. The van der Waals surface area contributed by atoms with Crippen LogP contribution >= 0.6 is 0 Å². The van der Waals surface area contributed by atoms with Crippen LogP contribution in [0.3, 0.4) is 0 Å². The number of hydrogen-bond donors (Lipinski definition) is 1. The molecule has 2 aromatic heterocycles. The summed E-state index contributed by atoms with van der Waals surface area (Å²) < 4.78 is 0. The maximum absolute atomic E-state index is 12.3. The quantitative estimate of drug-likeness (QED) is 0.883. The van der Waals surface area contributed by atoms with Crippen LogP contribution in [-0.2, 0) is 4.79 Å². The number of aromatic amines is 1. The van der Waals surface area contributed by atoms with Gasteiger partial charge in [-0.1, -0.05) is 6.42 Å². The van der Waals surface area contributed by atoms with Gasteiger partial charge in [-0.05, 0) is 12.8 Å². The largest absolute Gasteiger partial charge is 0.352 e. The number of aromatic nitrogens is 4. The molecule has 1 aliphatic carbocycles. The molecule has 0 bridgehead atoms. The van der Waals surface area contributed by atoms with Crippen molar-refractivity contribution in [1.82, 2.24) is 25.1 Å². The monoisotopic (exact) mass is 286 g/mol. The van der Waals surface area contributed by atoms with Crippen molar-refractivity contribution in [2.45, 2.75) is 19.3 Å². The van der Waals surface area contributed by atoms with E-state index in [4.69, 9.17) is 0 Å². The number of H-pyrrole nitrogens is 1. The Balaban J connectivity index is 1.47. The summed E-state index contributed by atoms with van der Waals surface area (Å²) in [5.41, 5.74) is 0.757. The first kappa shape index (κ1) is 12.6. The van der Waals surface area contributed by atoms with Crippen LogP contribution in [0.5, 0.6) is 0 Å². The lowest BCUT2D eigenvalue weighted by Gasteiger charge is -2.38.